The first-order valence-corrected chi connectivity index (χ1v) is 8.36. The smallest absolute Gasteiger partial charge is 0.255 e. The van der Waals surface area contributed by atoms with Gasteiger partial charge in [0.25, 0.3) is 5.91 Å². The zero-order chi connectivity index (χ0) is 16.7. The minimum atomic E-state index is -0.137. The van der Waals surface area contributed by atoms with Gasteiger partial charge in [0.2, 0.25) is 5.91 Å². The van der Waals surface area contributed by atoms with Crippen molar-refractivity contribution in [3.8, 4) is 0 Å². The Bertz CT molecular complexity index is 794. The Morgan fingerprint density at radius 2 is 1.79 bits per heavy atom. The van der Waals surface area contributed by atoms with E-state index in [9.17, 15) is 9.59 Å². The van der Waals surface area contributed by atoms with E-state index in [-0.39, 0.29) is 23.3 Å². The Kier molecular flexibility index (Phi) is 3.41. The molecule has 24 heavy (non-hydrogen) atoms. The van der Waals surface area contributed by atoms with Crippen molar-refractivity contribution in [3.05, 3.63) is 65.7 Å². The Balaban J connectivity index is 1.43. The van der Waals surface area contributed by atoms with Gasteiger partial charge in [-0.2, -0.15) is 0 Å². The first kappa shape index (κ1) is 14.9. The highest BCUT2D eigenvalue weighted by atomic mass is 16.2. The minimum Gasteiger partial charge on any atom is -0.349 e. The number of anilines is 1. The van der Waals surface area contributed by atoms with Crippen LogP contribution in [0.2, 0.25) is 0 Å². The average molecular weight is 320 g/mol. The number of amides is 2. The molecule has 2 N–H and O–H groups in total. The van der Waals surface area contributed by atoms with Crippen LogP contribution in [0.5, 0.6) is 0 Å². The van der Waals surface area contributed by atoms with E-state index < -0.39 is 0 Å². The highest BCUT2D eigenvalue weighted by molar-refractivity contribution is 6.04. The van der Waals surface area contributed by atoms with Crippen LogP contribution in [0.15, 0.2) is 54.6 Å². The van der Waals surface area contributed by atoms with Gasteiger partial charge in [-0.25, -0.2) is 0 Å². The van der Waals surface area contributed by atoms with Crippen molar-refractivity contribution in [1.29, 1.82) is 0 Å². The third-order valence-corrected chi connectivity index (χ3v) is 5.16. The fourth-order valence-corrected chi connectivity index (χ4v) is 3.17. The van der Waals surface area contributed by atoms with Gasteiger partial charge in [-0.15, -0.1) is 0 Å². The molecule has 4 heteroatoms. The van der Waals surface area contributed by atoms with E-state index in [0.717, 1.165) is 24.1 Å². The van der Waals surface area contributed by atoms with Gasteiger partial charge in [-0.05, 0) is 55.5 Å². The first-order chi connectivity index (χ1) is 11.6. The average Bonchev–Trinajstić information content (AvgIpc) is 3.46. The summed E-state index contributed by atoms with van der Waals surface area (Å²) in [5.41, 5.74) is 2.32. The topological polar surface area (TPSA) is 58.2 Å². The molecule has 2 aromatic carbocycles. The number of carbonyl (C=O) groups is 2. The molecule has 0 heterocycles. The van der Waals surface area contributed by atoms with E-state index in [1.165, 1.54) is 0 Å². The maximum atomic E-state index is 12.2. The van der Waals surface area contributed by atoms with Crippen LogP contribution < -0.4 is 10.6 Å². The van der Waals surface area contributed by atoms with Gasteiger partial charge in [0.05, 0.1) is 11.5 Å². The van der Waals surface area contributed by atoms with Gasteiger partial charge >= 0.3 is 0 Å². The van der Waals surface area contributed by atoms with Crippen molar-refractivity contribution in [2.75, 3.05) is 5.32 Å². The first-order valence-electron chi connectivity index (χ1n) is 8.36. The largest absolute Gasteiger partial charge is 0.349 e. The molecule has 2 aromatic rings. The van der Waals surface area contributed by atoms with Crippen molar-refractivity contribution in [3.63, 3.8) is 0 Å². The molecule has 0 radical (unpaired) electrons. The molecule has 2 saturated carbocycles. The van der Waals surface area contributed by atoms with Crippen LogP contribution >= 0.6 is 0 Å². The molecule has 1 atom stereocenters. The van der Waals surface area contributed by atoms with Crippen LogP contribution in [-0.4, -0.2) is 11.8 Å². The molecule has 122 valence electrons. The molecule has 0 saturated heterocycles. The van der Waals surface area contributed by atoms with Gasteiger partial charge in [0, 0.05) is 11.3 Å². The molecule has 2 fully saturated rings. The van der Waals surface area contributed by atoms with E-state index in [0.29, 0.717) is 11.5 Å². The molecule has 0 spiro atoms. The number of hydrogen-bond donors (Lipinski definition) is 2. The second-order valence-electron chi connectivity index (χ2n) is 6.90. The predicted octanol–water partition coefficient (Wildman–Crippen LogP) is 3.53. The second kappa shape index (κ2) is 5.48. The van der Waals surface area contributed by atoms with Crippen LogP contribution in [-0.2, 0) is 4.79 Å². The third-order valence-electron chi connectivity index (χ3n) is 5.16. The van der Waals surface area contributed by atoms with Gasteiger partial charge < -0.3 is 10.6 Å². The molecule has 4 nitrogen and oxygen atoms in total. The maximum Gasteiger partial charge on any atom is 0.255 e. The van der Waals surface area contributed by atoms with Gasteiger partial charge in [0.15, 0.2) is 0 Å². The predicted molar refractivity (Wildman–Crippen MR) is 92.6 cm³/mol. The molecule has 0 aromatic heterocycles. The van der Waals surface area contributed by atoms with Crippen molar-refractivity contribution in [1.82, 2.24) is 5.32 Å². The molecule has 4 rings (SSSR count). The number of carbonyl (C=O) groups excluding carboxylic acids is 2. The van der Waals surface area contributed by atoms with E-state index >= 15 is 0 Å². The number of rotatable bonds is 5. The van der Waals surface area contributed by atoms with Crippen molar-refractivity contribution in [2.24, 2.45) is 11.3 Å². The molecule has 2 aliphatic rings. The lowest BCUT2D eigenvalue weighted by Crippen LogP contribution is -2.30. The van der Waals surface area contributed by atoms with E-state index in [1.807, 2.05) is 49.4 Å². The van der Waals surface area contributed by atoms with Crippen molar-refractivity contribution in [2.45, 2.75) is 25.8 Å². The van der Waals surface area contributed by atoms with E-state index in [2.05, 4.69) is 10.6 Å². The Morgan fingerprint density at radius 1 is 1.08 bits per heavy atom. The van der Waals surface area contributed by atoms with Gasteiger partial charge in [-0.1, -0.05) is 30.3 Å². The summed E-state index contributed by atoms with van der Waals surface area (Å²) in [5.74, 6) is 0.682. The normalized spacial score (nSPS) is 24.5. The number of hydrogen-bond acceptors (Lipinski definition) is 2. The number of fused-ring (bicyclic) bond motifs is 1. The number of nitrogens with one attached hydrogen (secondary N) is 2. The molecular formula is C20H20N2O2. The third kappa shape index (κ3) is 2.68. The summed E-state index contributed by atoms with van der Waals surface area (Å²) in [6.07, 6.45) is 2.11. The van der Waals surface area contributed by atoms with Crippen molar-refractivity contribution >= 4 is 17.5 Å². The van der Waals surface area contributed by atoms with Crippen LogP contribution in [0.25, 0.3) is 0 Å². The zero-order valence-corrected chi connectivity index (χ0v) is 13.6. The summed E-state index contributed by atoms with van der Waals surface area (Å²) in [5, 5.41) is 6.01. The molecule has 2 aliphatic carbocycles. The zero-order valence-electron chi connectivity index (χ0n) is 13.6. The molecule has 0 bridgehead atoms. The van der Waals surface area contributed by atoms with Crippen molar-refractivity contribution < 1.29 is 9.59 Å². The summed E-state index contributed by atoms with van der Waals surface area (Å²) >= 11 is 0. The lowest BCUT2D eigenvalue weighted by molar-refractivity contribution is -0.124. The van der Waals surface area contributed by atoms with Gasteiger partial charge in [0.1, 0.15) is 0 Å². The van der Waals surface area contributed by atoms with Gasteiger partial charge in [-0.3, -0.25) is 9.59 Å². The Hall–Kier alpha value is -2.62. The summed E-state index contributed by atoms with van der Waals surface area (Å²) in [6, 6.07) is 16.7. The Labute approximate surface area is 141 Å². The number of benzene rings is 2. The minimum absolute atomic E-state index is 0.0204. The van der Waals surface area contributed by atoms with E-state index in [1.54, 1.807) is 12.1 Å². The monoisotopic (exact) mass is 320 g/mol. The van der Waals surface area contributed by atoms with Crippen LogP contribution in [0.1, 0.15) is 41.7 Å². The second-order valence-corrected chi connectivity index (χ2v) is 6.90. The fraction of sp³-hybridized carbons (Fsp3) is 0.300. The highest BCUT2D eigenvalue weighted by Gasteiger charge is 2.74. The molecule has 2 amide bonds. The lowest BCUT2D eigenvalue weighted by atomic mass is 10.1. The lowest BCUT2D eigenvalue weighted by Gasteiger charge is -2.17. The SMILES string of the molecule is CC(NC(=O)C12CC1C2)c1cccc(NC(=O)c2ccccc2)c1. The molecule has 0 aliphatic heterocycles. The summed E-state index contributed by atoms with van der Waals surface area (Å²) < 4.78 is 0. The summed E-state index contributed by atoms with van der Waals surface area (Å²) in [4.78, 5) is 24.5. The standard InChI is InChI=1S/C20H20N2O2/c1-13(21-19(24)20-11-16(20)12-20)15-8-5-9-17(10-15)22-18(23)14-6-3-2-4-7-14/h2-10,13,16H,11-12H2,1H3,(H,21,24)(H,22,23). The highest BCUT2D eigenvalue weighted by Crippen LogP contribution is 2.75. The van der Waals surface area contributed by atoms with Crippen LogP contribution in [0.3, 0.4) is 0 Å². The molecule has 1 unspecified atom stereocenters. The van der Waals surface area contributed by atoms with Crippen LogP contribution in [0, 0.1) is 11.3 Å². The quantitative estimate of drug-likeness (QED) is 0.885. The summed E-state index contributed by atoms with van der Waals surface area (Å²) in [6.45, 7) is 1.98. The van der Waals surface area contributed by atoms with Crippen LogP contribution in [0.4, 0.5) is 5.69 Å². The maximum absolute atomic E-state index is 12.2. The summed E-state index contributed by atoms with van der Waals surface area (Å²) in [7, 11) is 0. The van der Waals surface area contributed by atoms with E-state index in [4.69, 9.17) is 0 Å². The Morgan fingerprint density at radius 3 is 2.46 bits per heavy atom. The molecular weight excluding hydrogens is 300 g/mol. The fourth-order valence-electron chi connectivity index (χ4n) is 3.17.